The lowest BCUT2D eigenvalue weighted by molar-refractivity contribution is 0.0982. The number of imidazole rings is 1. The molecule has 1 saturated carbocycles. The Labute approximate surface area is 162 Å². The van der Waals surface area contributed by atoms with Crippen molar-refractivity contribution in [1.29, 1.82) is 0 Å². The molecule has 0 spiro atoms. The minimum atomic E-state index is -0.316. The van der Waals surface area contributed by atoms with Crippen LogP contribution in [0.25, 0.3) is 11.3 Å². The summed E-state index contributed by atoms with van der Waals surface area (Å²) in [6.07, 6.45) is 5.60. The van der Waals surface area contributed by atoms with E-state index in [9.17, 15) is 9.18 Å². The van der Waals surface area contributed by atoms with Gasteiger partial charge in [-0.3, -0.25) is 4.79 Å². The van der Waals surface area contributed by atoms with Crippen molar-refractivity contribution in [2.75, 3.05) is 5.75 Å². The first-order valence-electron chi connectivity index (χ1n) is 9.26. The number of nitrogens with zero attached hydrogens (tertiary/aromatic N) is 2. The average molecular weight is 380 g/mol. The second-order valence-electron chi connectivity index (χ2n) is 6.78. The number of rotatable bonds is 8. The Kier molecular flexibility index (Phi) is 5.39. The highest BCUT2D eigenvalue weighted by Gasteiger charge is 2.28. The van der Waals surface area contributed by atoms with Crippen LogP contribution in [0.5, 0.6) is 0 Å². The molecule has 27 heavy (non-hydrogen) atoms. The summed E-state index contributed by atoms with van der Waals surface area (Å²) in [6, 6.07) is 16.7. The van der Waals surface area contributed by atoms with Crippen LogP contribution in [0, 0.1) is 5.82 Å². The van der Waals surface area contributed by atoms with Gasteiger partial charge >= 0.3 is 0 Å². The van der Waals surface area contributed by atoms with Gasteiger partial charge in [-0.1, -0.05) is 42.1 Å². The molecule has 0 N–H and O–H groups in total. The number of carbonyl (C=O) groups excluding carboxylic acids is 1. The number of thioether (sulfide) groups is 1. The van der Waals surface area contributed by atoms with Crippen LogP contribution in [0.1, 0.15) is 42.1 Å². The SMILES string of the molecule is O=C(CCCSc1ncc(-c2ccccc2)n1C1CC1)c1ccc(F)cc1. The maximum Gasteiger partial charge on any atom is 0.168 e. The molecule has 1 heterocycles. The maximum atomic E-state index is 13.0. The third-order valence-electron chi connectivity index (χ3n) is 4.69. The summed E-state index contributed by atoms with van der Waals surface area (Å²) in [5.74, 6) is 0.583. The second kappa shape index (κ2) is 8.09. The summed E-state index contributed by atoms with van der Waals surface area (Å²) < 4.78 is 15.3. The van der Waals surface area contributed by atoms with Crippen molar-refractivity contribution >= 4 is 17.5 Å². The van der Waals surface area contributed by atoms with Crippen LogP contribution < -0.4 is 0 Å². The minimum absolute atomic E-state index is 0.0612. The third-order valence-corrected chi connectivity index (χ3v) is 5.74. The topological polar surface area (TPSA) is 34.9 Å². The zero-order chi connectivity index (χ0) is 18.6. The molecule has 1 aliphatic carbocycles. The smallest absolute Gasteiger partial charge is 0.168 e. The van der Waals surface area contributed by atoms with Crippen molar-refractivity contribution in [2.45, 2.75) is 36.9 Å². The summed E-state index contributed by atoms with van der Waals surface area (Å²) in [7, 11) is 0. The highest BCUT2D eigenvalue weighted by molar-refractivity contribution is 7.99. The van der Waals surface area contributed by atoms with E-state index in [-0.39, 0.29) is 11.6 Å². The zero-order valence-corrected chi connectivity index (χ0v) is 15.8. The summed E-state index contributed by atoms with van der Waals surface area (Å²) in [4.78, 5) is 16.8. The fourth-order valence-electron chi connectivity index (χ4n) is 3.14. The van der Waals surface area contributed by atoms with Crippen molar-refractivity contribution < 1.29 is 9.18 Å². The molecule has 4 rings (SSSR count). The number of Topliss-reactive ketones (excluding diaryl/α,β-unsaturated/α-hetero) is 1. The standard InChI is InChI=1S/C22H21FN2OS/c23-18-10-8-17(9-11-18)21(26)7-4-14-27-22-24-15-20(25(22)19-12-13-19)16-5-2-1-3-6-16/h1-3,5-6,8-11,15,19H,4,7,12-14H2. The van der Waals surface area contributed by atoms with Crippen LogP contribution in [0.3, 0.4) is 0 Å². The average Bonchev–Trinajstić information content (AvgIpc) is 3.45. The van der Waals surface area contributed by atoms with E-state index in [1.54, 1.807) is 23.9 Å². The molecule has 5 heteroatoms. The van der Waals surface area contributed by atoms with Gasteiger partial charge in [-0.25, -0.2) is 9.37 Å². The van der Waals surface area contributed by atoms with Crippen LogP contribution in [-0.2, 0) is 0 Å². The van der Waals surface area contributed by atoms with Crippen molar-refractivity contribution in [3.05, 3.63) is 72.2 Å². The predicted molar refractivity (Wildman–Crippen MR) is 107 cm³/mol. The van der Waals surface area contributed by atoms with E-state index >= 15 is 0 Å². The molecule has 2 aromatic carbocycles. The molecule has 0 atom stereocenters. The molecule has 0 bridgehead atoms. The minimum Gasteiger partial charge on any atom is -0.316 e. The largest absolute Gasteiger partial charge is 0.316 e. The number of halogens is 1. The van der Waals surface area contributed by atoms with E-state index in [2.05, 4.69) is 21.7 Å². The van der Waals surface area contributed by atoms with E-state index in [1.807, 2.05) is 24.4 Å². The molecule has 138 valence electrons. The highest BCUT2D eigenvalue weighted by Crippen LogP contribution is 2.42. The quantitative estimate of drug-likeness (QED) is 0.282. The molecule has 0 amide bonds. The Morgan fingerprint density at radius 3 is 2.56 bits per heavy atom. The van der Waals surface area contributed by atoms with E-state index in [1.165, 1.54) is 36.2 Å². The number of benzene rings is 2. The van der Waals surface area contributed by atoms with Gasteiger partial charge in [0.15, 0.2) is 10.9 Å². The normalized spacial score (nSPS) is 13.7. The fourth-order valence-corrected chi connectivity index (χ4v) is 4.12. The highest BCUT2D eigenvalue weighted by atomic mass is 32.2. The molecule has 0 aliphatic heterocycles. The number of hydrogen-bond donors (Lipinski definition) is 0. The van der Waals surface area contributed by atoms with Gasteiger partial charge < -0.3 is 4.57 Å². The molecule has 1 fully saturated rings. The Morgan fingerprint density at radius 2 is 1.85 bits per heavy atom. The first kappa shape index (κ1) is 18.0. The second-order valence-corrected chi connectivity index (χ2v) is 7.84. The van der Waals surface area contributed by atoms with Gasteiger partial charge in [0.2, 0.25) is 0 Å². The molecule has 1 aromatic heterocycles. The van der Waals surface area contributed by atoms with Gasteiger partial charge in [-0.05, 0) is 49.1 Å². The zero-order valence-electron chi connectivity index (χ0n) is 15.0. The Morgan fingerprint density at radius 1 is 1.11 bits per heavy atom. The number of carbonyl (C=O) groups is 1. The predicted octanol–water partition coefficient (Wildman–Crippen LogP) is 5.78. The van der Waals surface area contributed by atoms with Gasteiger partial charge in [-0.15, -0.1) is 0 Å². The van der Waals surface area contributed by atoms with Gasteiger partial charge in [-0.2, -0.15) is 0 Å². The lowest BCUT2D eigenvalue weighted by Crippen LogP contribution is -2.01. The van der Waals surface area contributed by atoms with Gasteiger partial charge in [0.05, 0.1) is 11.9 Å². The van der Waals surface area contributed by atoms with E-state index in [4.69, 9.17) is 0 Å². The number of ketones is 1. The first-order valence-corrected chi connectivity index (χ1v) is 10.2. The van der Waals surface area contributed by atoms with E-state index in [0.717, 1.165) is 17.3 Å². The Balaban J connectivity index is 1.37. The molecular weight excluding hydrogens is 359 g/mol. The number of aromatic nitrogens is 2. The van der Waals surface area contributed by atoms with Crippen LogP contribution in [0.4, 0.5) is 4.39 Å². The molecular formula is C22H21FN2OS. The van der Waals surface area contributed by atoms with Crippen LogP contribution in [-0.4, -0.2) is 21.1 Å². The lowest BCUT2D eigenvalue weighted by Gasteiger charge is -2.10. The van der Waals surface area contributed by atoms with Crippen molar-refractivity contribution in [3.63, 3.8) is 0 Å². The van der Waals surface area contributed by atoms with Gasteiger partial charge in [0.1, 0.15) is 5.82 Å². The van der Waals surface area contributed by atoms with E-state index < -0.39 is 0 Å². The van der Waals surface area contributed by atoms with Crippen LogP contribution >= 0.6 is 11.8 Å². The monoisotopic (exact) mass is 380 g/mol. The first-order chi connectivity index (χ1) is 13.2. The Hall–Kier alpha value is -2.40. The maximum absolute atomic E-state index is 13.0. The summed E-state index contributed by atoms with van der Waals surface area (Å²) in [6.45, 7) is 0. The summed E-state index contributed by atoms with van der Waals surface area (Å²) in [5.41, 5.74) is 2.94. The molecule has 1 aliphatic rings. The summed E-state index contributed by atoms with van der Waals surface area (Å²) in [5, 5.41) is 1.03. The number of hydrogen-bond acceptors (Lipinski definition) is 3. The fraction of sp³-hybridized carbons (Fsp3) is 0.273. The third kappa shape index (κ3) is 4.30. The lowest BCUT2D eigenvalue weighted by atomic mass is 10.1. The van der Waals surface area contributed by atoms with Crippen molar-refractivity contribution in [3.8, 4) is 11.3 Å². The van der Waals surface area contributed by atoms with Crippen LogP contribution in [0.2, 0.25) is 0 Å². The van der Waals surface area contributed by atoms with Gasteiger partial charge in [0, 0.05) is 23.8 Å². The molecule has 3 nitrogen and oxygen atoms in total. The van der Waals surface area contributed by atoms with Crippen LogP contribution in [0.15, 0.2) is 66.0 Å². The molecule has 0 radical (unpaired) electrons. The van der Waals surface area contributed by atoms with Crippen molar-refractivity contribution in [2.24, 2.45) is 0 Å². The molecule has 0 unspecified atom stereocenters. The van der Waals surface area contributed by atoms with Crippen molar-refractivity contribution in [1.82, 2.24) is 9.55 Å². The molecule has 3 aromatic rings. The van der Waals surface area contributed by atoms with Gasteiger partial charge in [0.25, 0.3) is 0 Å². The Bertz CT molecular complexity index is 917. The van der Waals surface area contributed by atoms with E-state index in [0.29, 0.717) is 18.0 Å². The molecule has 0 saturated heterocycles. The summed E-state index contributed by atoms with van der Waals surface area (Å²) >= 11 is 1.71.